The van der Waals surface area contributed by atoms with E-state index in [9.17, 15) is 0 Å². The first-order chi connectivity index (χ1) is 21.5. The molecule has 1 aliphatic rings. The van der Waals surface area contributed by atoms with Crippen molar-refractivity contribution in [2.24, 2.45) is 6.98 Å². The molecule has 4 aromatic carbocycles. The van der Waals surface area contributed by atoms with E-state index in [2.05, 4.69) is 99.6 Å². The van der Waals surface area contributed by atoms with Crippen molar-refractivity contribution in [2.75, 3.05) is 4.90 Å². The number of nitrogens with zero attached hydrogens (tertiary/aromatic N) is 4. The van der Waals surface area contributed by atoms with Gasteiger partial charge >= 0.3 is 200 Å². The molecule has 0 saturated heterocycles. The van der Waals surface area contributed by atoms with Crippen LogP contribution in [0.2, 0.25) is 0 Å². The summed E-state index contributed by atoms with van der Waals surface area (Å²) >= 11 is 2.06. The third kappa shape index (κ3) is 4.62. The average Bonchev–Trinajstić information content (AvgIpc) is 3.32. The van der Waals surface area contributed by atoms with Gasteiger partial charge in [0.25, 0.3) is 0 Å². The number of aromatic nitrogens is 3. The Morgan fingerprint density at radius 2 is 1.64 bits per heavy atom. The van der Waals surface area contributed by atoms with Gasteiger partial charge in [-0.25, -0.2) is 0 Å². The molecular formula is C36H30N4OPt-2. The topological polar surface area (TPSA) is 35.2 Å². The monoisotopic (exact) mass is 732 g/mol. The summed E-state index contributed by atoms with van der Waals surface area (Å²) < 4.78 is 34.6. The number of fused-ring (bicyclic) bond motifs is 4. The maximum absolute atomic E-state index is 8.14. The minimum absolute atomic E-state index is 0.0185. The van der Waals surface area contributed by atoms with Gasteiger partial charge in [0.15, 0.2) is 0 Å². The predicted molar refractivity (Wildman–Crippen MR) is 164 cm³/mol. The molecule has 0 bridgehead atoms. The molecule has 0 spiro atoms. The number of hydrogen-bond donors (Lipinski definition) is 0. The zero-order valence-electron chi connectivity index (χ0n) is 26.5. The third-order valence-corrected chi connectivity index (χ3v) is 8.63. The fraction of sp³-hybridized carbons (Fsp3) is 0.167. The number of para-hydroxylation sites is 2. The first kappa shape index (κ1) is 23.4. The van der Waals surface area contributed by atoms with Crippen LogP contribution in [-0.2, 0) is 38.3 Å². The Bertz CT molecular complexity index is 2140. The van der Waals surface area contributed by atoms with Gasteiger partial charge in [-0.15, -0.1) is 0 Å². The molecule has 1 aliphatic heterocycles. The molecule has 0 amide bonds. The van der Waals surface area contributed by atoms with Gasteiger partial charge in [-0.3, -0.25) is 0 Å². The minimum atomic E-state index is -2.33. The van der Waals surface area contributed by atoms with Crippen LogP contribution in [0, 0.1) is 15.9 Å². The summed E-state index contributed by atoms with van der Waals surface area (Å²) in [7, 11) is 0. The second-order valence-electron chi connectivity index (χ2n) is 11.4. The van der Waals surface area contributed by atoms with Crippen LogP contribution in [0.3, 0.4) is 0 Å². The van der Waals surface area contributed by atoms with Gasteiger partial charge in [0.05, 0.1) is 0 Å². The molecule has 0 fully saturated rings. The average molecular weight is 733 g/mol. The van der Waals surface area contributed by atoms with Crippen LogP contribution in [0.5, 0.6) is 11.5 Å². The molecule has 6 aromatic rings. The van der Waals surface area contributed by atoms with E-state index in [1.165, 1.54) is 21.3 Å². The van der Waals surface area contributed by atoms with E-state index in [1.807, 2.05) is 59.3 Å². The SMILES string of the molecule is [2H]C([2H])([2H])n1[c](=[Pt])n(-c2[c-]c(Oc3[c-]c4c(cc3)-c3ccccc3CN4c3cc(C(C)(C)C)ccn3)ccc2)c2ccccc21. The number of anilines is 2. The van der Waals surface area contributed by atoms with E-state index in [4.69, 9.17) is 13.8 Å². The van der Waals surface area contributed by atoms with Gasteiger partial charge in [0, 0.05) is 6.20 Å². The van der Waals surface area contributed by atoms with E-state index >= 15 is 0 Å². The Hall–Kier alpha value is -4.21. The summed E-state index contributed by atoms with van der Waals surface area (Å²) in [4.78, 5) is 6.97. The summed E-state index contributed by atoms with van der Waals surface area (Å²) in [6, 6.07) is 36.7. The first-order valence-corrected chi connectivity index (χ1v) is 14.9. The summed E-state index contributed by atoms with van der Waals surface area (Å²) in [5.41, 5.74) is 7.60. The van der Waals surface area contributed by atoms with Crippen molar-refractivity contribution < 1.29 is 28.2 Å². The normalized spacial score (nSPS) is 14.1. The Balaban J connectivity index is 1.30. The Labute approximate surface area is 261 Å². The third-order valence-electron chi connectivity index (χ3n) is 7.61. The van der Waals surface area contributed by atoms with Crippen LogP contribution in [0.15, 0.2) is 97.2 Å². The van der Waals surface area contributed by atoms with E-state index in [-0.39, 0.29) is 5.41 Å². The van der Waals surface area contributed by atoms with Crippen LogP contribution in [-0.4, -0.2) is 14.1 Å². The summed E-state index contributed by atoms with van der Waals surface area (Å²) in [5, 5.41) is 0. The number of ether oxygens (including phenoxy) is 1. The van der Waals surface area contributed by atoms with E-state index in [0.29, 0.717) is 33.1 Å². The van der Waals surface area contributed by atoms with Gasteiger partial charge < -0.3 is 0 Å². The Kier molecular flexibility index (Phi) is 5.70. The molecular weight excluding hydrogens is 700 g/mol. The second kappa shape index (κ2) is 10.3. The van der Waals surface area contributed by atoms with E-state index in [1.54, 1.807) is 0 Å². The number of rotatable bonds is 4. The van der Waals surface area contributed by atoms with Crippen molar-refractivity contribution in [3.63, 3.8) is 0 Å². The molecule has 0 N–H and O–H groups in total. The number of hydrogen-bond acceptors (Lipinski definition) is 3. The van der Waals surface area contributed by atoms with E-state index < -0.39 is 6.98 Å². The summed E-state index contributed by atoms with van der Waals surface area (Å²) in [5.74, 6) is 1.90. The summed E-state index contributed by atoms with van der Waals surface area (Å²) in [6.45, 7) is 4.94. The standard InChI is InChI=1S/C36H30N4O.Pt/c1-36(2,3)26-18-19-37-35(20-26)39-23-25-10-5-6-13-30(25)31-17-16-29(22-34(31)39)41-28-12-9-11-27(21-28)40-24-38(4)32-14-7-8-15-33(32)40;/h5-20H,23H2,1-4H3;/q-2;/i4D3;. The zero-order chi connectivity index (χ0) is 31.5. The molecule has 0 radical (unpaired) electrons. The van der Waals surface area contributed by atoms with Gasteiger partial charge in [0.1, 0.15) is 0 Å². The molecule has 0 atom stereocenters. The van der Waals surface area contributed by atoms with Gasteiger partial charge in [-0.05, 0) is 17.0 Å². The number of aryl methyl sites for hydroxylation is 1. The molecule has 0 aliphatic carbocycles. The van der Waals surface area contributed by atoms with Crippen molar-refractivity contribution in [2.45, 2.75) is 32.7 Å². The van der Waals surface area contributed by atoms with Gasteiger partial charge in [0.2, 0.25) is 0 Å². The number of benzene rings is 4. The van der Waals surface area contributed by atoms with Crippen LogP contribution in [0.4, 0.5) is 11.5 Å². The van der Waals surface area contributed by atoms with Crippen molar-refractivity contribution in [1.29, 1.82) is 0 Å². The quantitative estimate of drug-likeness (QED) is 0.171. The first-order valence-electron chi connectivity index (χ1n) is 15.3. The molecule has 5 nitrogen and oxygen atoms in total. The summed E-state index contributed by atoms with van der Waals surface area (Å²) in [6.07, 6.45) is 1.87. The van der Waals surface area contributed by atoms with E-state index in [0.717, 1.165) is 22.6 Å². The fourth-order valence-electron chi connectivity index (χ4n) is 5.44. The van der Waals surface area contributed by atoms with Crippen molar-refractivity contribution in [1.82, 2.24) is 14.1 Å². The molecule has 7 rings (SSSR count). The van der Waals surface area contributed by atoms with Crippen LogP contribution in [0.25, 0.3) is 27.8 Å². The van der Waals surface area contributed by atoms with Crippen molar-refractivity contribution >= 4 is 22.5 Å². The van der Waals surface area contributed by atoms with Crippen molar-refractivity contribution in [3.05, 3.63) is 124 Å². The Morgan fingerprint density at radius 1 is 0.857 bits per heavy atom. The van der Waals surface area contributed by atoms with Gasteiger partial charge in [-0.1, -0.05) is 39.0 Å². The maximum atomic E-state index is 8.14. The number of pyridine rings is 1. The van der Waals surface area contributed by atoms with Crippen molar-refractivity contribution in [3.8, 4) is 28.3 Å². The molecule has 42 heavy (non-hydrogen) atoms. The number of imidazole rings is 1. The van der Waals surface area contributed by atoms with Crippen LogP contribution < -0.4 is 9.64 Å². The molecule has 2 aromatic heterocycles. The molecule has 6 heteroatoms. The molecule has 0 unspecified atom stereocenters. The van der Waals surface area contributed by atoms with Crippen LogP contribution in [0.1, 0.15) is 36.0 Å². The second-order valence-corrected chi connectivity index (χ2v) is 12.4. The molecule has 0 saturated carbocycles. The molecule has 212 valence electrons. The zero-order valence-corrected chi connectivity index (χ0v) is 25.7. The fourth-order valence-corrected chi connectivity index (χ4v) is 6.27. The predicted octanol–water partition coefficient (Wildman–Crippen LogP) is 8.45. The molecule has 3 heterocycles. The van der Waals surface area contributed by atoms with Crippen LogP contribution >= 0.6 is 0 Å². The Morgan fingerprint density at radius 3 is 2.48 bits per heavy atom. The van der Waals surface area contributed by atoms with Gasteiger partial charge in [-0.2, -0.15) is 0 Å².